The highest BCUT2D eigenvalue weighted by molar-refractivity contribution is 7.90. The van der Waals surface area contributed by atoms with Crippen molar-refractivity contribution in [1.29, 1.82) is 0 Å². The van der Waals surface area contributed by atoms with Gasteiger partial charge in [0, 0.05) is 18.7 Å². The first-order chi connectivity index (χ1) is 11.2. The molecule has 0 aliphatic heterocycles. The quantitative estimate of drug-likeness (QED) is 0.734. The predicted octanol–water partition coefficient (Wildman–Crippen LogP) is 3.12. The van der Waals surface area contributed by atoms with Crippen LogP contribution in [0.2, 0.25) is 0 Å². The van der Waals surface area contributed by atoms with Gasteiger partial charge in [-0.1, -0.05) is 0 Å². The molecule has 2 aromatic rings. The Morgan fingerprint density at radius 1 is 1.25 bits per heavy atom. The summed E-state index contributed by atoms with van der Waals surface area (Å²) in [6, 6.07) is 5.61. The van der Waals surface area contributed by atoms with Crippen molar-refractivity contribution in [1.82, 2.24) is 9.71 Å². The molecule has 0 bridgehead atoms. The summed E-state index contributed by atoms with van der Waals surface area (Å²) < 4.78 is 26.5. The number of carbonyl (C=O) groups excluding carboxylic acids is 1. The van der Waals surface area contributed by atoms with E-state index in [1.165, 1.54) is 11.3 Å². The molecule has 132 valence electrons. The number of amides is 1. The van der Waals surface area contributed by atoms with Crippen LogP contribution >= 0.6 is 11.3 Å². The number of sulfonamides is 1. The molecule has 0 saturated carbocycles. The van der Waals surface area contributed by atoms with Gasteiger partial charge in [-0.15, -0.1) is 11.3 Å². The van der Waals surface area contributed by atoms with Gasteiger partial charge in [-0.2, -0.15) is 0 Å². The van der Waals surface area contributed by atoms with Gasteiger partial charge in [0.25, 0.3) is 0 Å². The molecule has 2 rings (SSSR count). The Labute approximate surface area is 146 Å². The van der Waals surface area contributed by atoms with Crippen LogP contribution in [0.25, 0.3) is 10.2 Å². The molecule has 1 amide bonds. The van der Waals surface area contributed by atoms with Crippen molar-refractivity contribution in [3.8, 4) is 0 Å². The molecule has 0 aliphatic rings. The van der Waals surface area contributed by atoms with Gasteiger partial charge in [0.05, 0.1) is 20.5 Å². The van der Waals surface area contributed by atoms with Crippen LogP contribution in [0.1, 0.15) is 40.0 Å². The number of hydrogen-bond donors (Lipinski definition) is 2. The standard InChI is InChI=1S/C16H23N3O3S2/c1-16(2,3)24(21,22)18-9-5-4-6-15(20)19-12-7-8-13-14(10-12)23-11-17-13/h7-8,10-11,18H,4-6,9H2,1-3H3,(H,19,20). The summed E-state index contributed by atoms with van der Waals surface area (Å²) in [7, 11) is -3.32. The van der Waals surface area contributed by atoms with Crippen LogP contribution < -0.4 is 10.0 Å². The summed E-state index contributed by atoms with van der Waals surface area (Å²) in [5.41, 5.74) is 3.45. The maximum absolute atomic E-state index is 11.9. The van der Waals surface area contributed by atoms with E-state index >= 15 is 0 Å². The zero-order chi connectivity index (χ0) is 17.8. The van der Waals surface area contributed by atoms with Gasteiger partial charge >= 0.3 is 0 Å². The highest BCUT2D eigenvalue weighted by atomic mass is 32.2. The second-order valence-electron chi connectivity index (χ2n) is 6.55. The highest BCUT2D eigenvalue weighted by Crippen LogP contribution is 2.22. The average molecular weight is 370 g/mol. The molecule has 6 nitrogen and oxygen atoms in total. The fourth-order valence-corrected chi connectivity index (χ4v) is 3.55. The molecule has 0 unspecified atom stereocenters. The van der Waals surface area contributed by atoms with Gasteiger partial charge in [0.1, 0.15) is 0 Å². The third kappa shape index (κ3) is 4.99. The summed E-state index contributed by atoms with van der Waals surface area (Å²) >= 11 is 1.53. The van der Waals surface area contributed by atoms with E-state index in [1.54, 1.807) is 26.3 Å². The van der Waals surface area contributed by atoms with E-state index in [1.807, 2.05) is 18.2 Å². The topological polar surface area (TPSA) is 88.2 Å². The van der Waals surface area contributed by atoms with Crippen LogP contribution in [0.3, 0.4) is 0 Å². The number of aromatic nitrogens is 1. The number of rotatable bonds is 7. The third-order valence-electron chi connectivity index (χ3n) is 3.54. The van der Waals surface area contributed by atoms with E-state index in [-0.39, 0.29) is 5.91 Å². The van der Waals surface area contributed by atoms with Crippen LogP contribution in [0.5, 0.6) is 0 Å². The molecular formula is C16H23N3O3S2. The third-order valence-corrected chi connectivity index (χ3v) is 6.53. The second-order valence-corrected chi connectivity index (χ2v) is 9.96. The lowest BCUT2D eigenvalue weighted by molar-refractivity contribution is -0.116. The molecule has 0 atom stereocenters. The lowest BCUT2D eigenvalue weighted by Gasteiger charge is -2.19. The van der Waals surface area contributed by atoms with Gasteiger partial charge in [0.15, 0.2) is 0 Å². The Morgan fingerprint density at radius 3 is 2.71 bits per heavy atom. The lowest BCUT2D eigenvalue weighted by Crippen LogP contribution is -2.39. The van der Waals surface area contributed by atoms with Crippen LogP contribution in [-0.2, 0) is 14.8 Å². The lowest BCUT2D eigenvalue weighted by atomic mass is 10.2. The normalized spacial score (nSPS) is 12.5. The minimum absolute atomic E-state index is 0.0717. The van der Waals surface area contributed by atoms with Crippen LogP contribution in [-0.4, -0.2) is 30.6 Å². The molecule has 1 aromatic heterocycles. The van der Waals surface area contributed by atoms with Gasteiger partial charge in [-0.25, -0.2) is 18.1 Å². The smallest absolute Gasteiger partial charge is 0.224 e. The SMILES string of the molecule is CC(C)(C)S(=O)(=O)NCCCCC(=O)Nc1ccc2ncsc2c1. The van der Waals surface area contributed by atoms with Crippen molar-refractivity contribution >= 4 is 43.2 Å². The zero-order valence-electron chi connectivity index (χ0n) is 14.1. The Hall–Kier alpha value is -1.51. The predicted molar refractivity (Wildman–Crippen MR) is 98.8 cm³/mol. The van der Waals surface area contributed by atoms with Crippen LogP contribution in [0.4, 0.5) is 5.69 Å². The number of benzene rings is 1. The van der Waals surface area contributed by atoms with E-state index in [4.69, 9.17) is 0 Å². The van der Waals surface area contributed by atoms with Gasteiger partial charge in [-0.05, 0) is 51.8 Å². The minimum atomic E-state index is -3.32. The summed E-state index contributed by atoms with van der Waals surface area (Å²) in [6.07, 6.45) is 1.61. The Balaban J connectivity index is 1.72. The summed E-state index contributed by atoms with van der Waals surface area (Å²) in [5, 5.41) is 2.86. The summed E-state index contributed by atoms with van der Waals surface area (Å²) in [4.78, 5) is 16.1. The molecular weight excluding hydrogens is 346 g/mol. The maximum atomic E-state index is 11.9. The van der Waals surface area contributed by atoms with Crippen molar-refractivity contribution in [2.75, 3.05) is 11.9 Å². The zero-order valence-corrected chi connectivity index (χ0v) is 15.8. The van der Waals surface area contributed by atoms with Crippen molar-refractivity contribution in [2.24, 2.45) is 0 Å². The molecule has 8 heteroatoms. The molecule has 0 radical (unpaired) electrons. The van der Waals surface area contributed by atoms with Crippen molar-refractivity contribution < 1.29 is 13.2 Å². The van der Waals surface area contributed by atoms with Crippen LogP contribution in [0, 0.1) is 0 Å². The van der Waals surface area contributed by atoms with Crippen molar-refractivity contribution in [3.05, 3.63) is 23.7 Å². The number of unbranched alkanes of at least 4 members (excludes halogenated alkanes) is 1. The van der Waals surface area contributed by atoms with Crippen LogP contribution in [0.15, 0.2) is 23.7 Å². The summed E-state index contributed by atoms with van der Waals surface area (Å²) in [5.74, 6) is -0.0717. The number of carbonyl (C=O) groups is 1. The first-order valence-electron chi connectivity index (χ1n) is 7.81. The highest BCUT2D eigenvalue weighted by Gasteiger charge is 2.27. The van der Waals surface area contributed by atoms with E-state index in [0.717, 1.165) is 15.9 Å². The number of hydrogen-bond acceptors (Lipinski definition) is 5. The molecule has 0 spiro atoms. The first-order valence-corrected chi connectivity index (χ1v) is 10.2. The van der Waals surface area contributed by atoms with Gasteiger partial charge in [-0.3, -0.25) is 4.79 Å². The second kappa shape index (κ2) is 7.58. The Kier molecular flexibility index (Phi) is 5.95. The molecule has 1 heterocycles. The largest absolute Gasteiger partial charge is 0.326 e. The van der Waals surface area contributed by atoms with E-state index < -0.39 is 14.8 Å². The molecule has 2 N–H and O–H groups in total. The molecule has 1 aromatic carbocycles. The van der Waals surface area contributed by atoms with E-state index in [0.29, 0.717) is 25.8 Å². The summed E-state index contributed by atoms with van der Waals surface area (Å²) in [6.45, 7) is 5.31. The Bertz CT molecular complexity index is 807. The number of thiazole rings is 1. The number of anilines is 1. The Morgan fingerprint density at radius 2 is 2.00 bits per heavy atom. The van der Waals surface area contributed by atoms with E-state index in [9.17, 15) is 13.2 Å². The number of fused-ring (bicyclic) bond motifs is 1. The minimum Gasteiger partial charge on any atom is -0.326 e. The maximum Gasteiger partial charge on any atom is 0.224 e. The van der Waals surface area contributed by atoms with Crippen molar-refractivity contribution in [3.63, 3.8) is 0 Å². The number of nitrogens with zero attached hydrogens (tertiary/aromatic N) is 1. The fraction of sp³-hybridized carbons (Fsp3) is 0.500. The fourth-order valence-electron chi connectivity index (χ4n) is 1.99. The first kappa shape index (κ1) is 18.8. The molecule has 0 aliphatic carbocycles. The van der Waals surface area contributed by atoms with Gasteiger partial charge < -0.3 is 5.32 Å². The average Bonchev–Trinajstić information content (AvgIpc) is 2.93. The monoisotopic (exact) mass is 369 g/mol. The van der Waals surface area contributed by atoms with Gasteiger partial charge in [0.2, 0.25) is 15.9 Å². The molecule has 0 saturated heterocycles. The molecule has 24 heavy (non-hydrogen) atoms. The van der Waals surface area contributed by atoms with E-state index in [2.05, 4.69) is 15.0 Å². The van der Waals surface area contributed by atoms with Crippen molar-refractivity contribution in [2.45, 2.75) is 44.8 Å². The molecule has 0 fully saturated rings. The number of nitrogens with one attached hydrogen (secondary N) is 2.